The van der Waals surface area contributed by atoms with Crippen molar-refractivity contribution in [1.29, 1.82) is 0 Å². The molecule has 0 aliphatic heterocycles. The van der Waals surface area contributed by atoms with Crippen molar-refractivity contribution in [2.45, 2.75) is 75.8 Å². The zero-order valence-corrected chi connectivity index (χ0v) is 22.3. The number of hydrogen-bond acceptors (Lipinski definition) is 1. The van der Waals surface area contributed by atoms with Crippen LogP contribution in [0.4, 0.5) is 65.9 Å². The minimum absolute atomic E-state index is 0.0782. The Morgan fingerprint density at radius 3 is 1.38 bits per heavy atom. The van der Waals surface area contributed by atoms with Gasteiger partial charge in [0.05, 0.1) is 31.3 Å². The molecule has 0 fully saturated rings. The van der Waals surface area contributed by atoms with Gasteiger partial charge in [-0.2, -0.15) is 65.9 Å². The lowest BCUT2D eigenvalue weighted by Crippen LogP contribution is -2.73. The number of rotatable bonds is 17. The van der Waals surface area contributed by atoms with E-state index in [0.29, 0.717) is 12.3 Å². The van der Waals surface area contributed by atoms with E-state index in [0.717, 1.165) is 12.3 Å². The zero-order valence-electron chi connectivity index (χ0n) is 21.4. The van der Waals surface area contributed by atoms with Crippen LogP contribution >= 0.6 is 7.26 Å². The minimum atomic E-state index is -8.28. The molecule has 17 heteroatoms. The Balaban J connectivity index is 5.77. The molecule has 0 unspecified atom stereocenters. The van der Waals surface area contributed by atoms with Crippen LogP contribution in [0.15, 0.2) is 12.7 Å². The summed E-state index contributed by atoms with van der Waals surface area (Å²) in [7, 11) is -1.82. The van der Waals surface area contributed by atoms with E-state index in [9.17, 15) is 65.9 Å². The molecule has 39 heavy (non-hydrogen) atoms. The predicted octanol–water partition coefficient (Wildman–Crippen LogP) is 9.28. The van der Waals surface area contributed by atoms with Gasteiger partial charge in [0.25, 0.3) is 0 Å². The van der Waals surface area contributed by atoms with E-state index >= 15 is 0 Å². The van der Waals surface area contributed by atoms with Crippen LogP contribution in [0.5, 0.6) is 0 Å². The molecule has 0 N–H and O–H groups in total. The van der Waals surface area contributed by atoms with Crippen LogP contribution in [0.1, 0.15) is 34.1 Å². The van der Waals surface area contributed by atoms with E-state index in [1.165, 1.54) is 0 Å². The van der Waals surface area contributed by atoms with E-state index < -0.39 is 62.2 Å². The summed E-state index contributed by atoms with van der Waals surface area (Å²) in [6.07, 6.45) is -3.68. The van der Waals surface area contributed by atoms with Crippen molar-refractivity contribution < 1.29 is 70.6 Å². The van der Waals surface area contributed by atoms with Crippen LogP contribution in [-0.2, 0) is 4.74 Å². The first-order valence-corrected chi connectivity index (χ1v) is 14.0. The number of halogens is 15. The second-order valence-corrected chi connectivity index (χ2v) is 14.4. The number of hydrogen-bond donors (Lipinski definition) is 0. The second kappa shape index (κ2) is 12.5. The summed E-state index contributed by atoms with van der Waals surface area (Å²) >= 11 is 0. The predicted molar refractivity (Wildman–Crippen MR) is 117 cm³/mol. The average Bonchev–Trinajstić information content (AvgIpc) is 2.70. The molecule has 0 aromatic rings. The molecule has 0 aromatic heterocycles. The molecule has 0 saturated heterocycles. The summed E-state index contributed by atoms with van der Waals surface area (Å²) in [6.45, 7) is 7.81. The highest BCUT2D eigenvalue weighted by molar-refractivity contribution is 7.76. The Hall–Kier alpha value is -0.920. The fourth-order valence-corrected chi connectivity index (χ4v) is 9.55. The Labute approximate surface area is 216 Å². The monoisotopic (exact) mass is 627 g/mol. The Kier molecular flexibility index (Phi) is 12.2. The molecule has 0 radical (unpaired) electrons. The number of alkyl halides is 15. The molecule has 0 amide bonds. The lowest BCUT2D eigenvalue weighted by Gasteiger charge is -2.41. The maximum Gasteiger partial charge on any atom is 0.460 e. The topological polar surface area (TPSA) is 9.23 Å². The smallest absolute Gasteiger partial charge is 0.375 e. The van der Waals surface area contributed by atoms with Gasteiger partial charge in [-0.3, -0.25) is 0 Å². The van der Waals surface area contributed by atoms with Gasteiger partial charge in [0.15, 0.2) is 0 Å². The Bertz CT molecular complexity index is 781. The SMILES string of the molecule is C=CC[P+](CCCOCC(F)(F)C(F)(F)C(F)(F)C(F)(F)C(F)(F)C(F)(F)C(F)(F)F)(CC(C)C)CC(C)C. The average molecular weight is 627 g/mol. The van der Waals surface area contributed by atoms with E-state index in [2.05, 4.69) is 11.3 Å². The van der Waals surface area contributed by atoms with Gasteiger partial charge in [-0.1, -0.05) is 40.3 Å². The van der Waals surface area contributed by atoms with Crippen LogP contribution in [0, 0.1) is 11.8 Å². The molecule has 0 rings (SSSR count). The summed E-state index contributed by atoms with van der Waals surface area (Å²) in [6, 6.07) is 0. The zero-order chi connectivity index (χ0) is 31.5. The lowest BCUT2D eigenvalue weighted by atomic mass is 9.91. The largest absolute Gasteiger partial charge is 0.460 e. The van der Waals surface area contributed by atoms with Crippen molar-refractivity contribution in [1.82, 2.24) is 0 Å². The highest BCUT2D eigenvalue weighted by atomic mass is 31.2. The molecule has 0 saturated carbocycles. The van der Waals surface area contributed by atoms with Gasteiger partial charge in [-0.15, -0.1) is 0 Å². The molecular formula is C22H31F15OP+. The summed E-state index contributed by atoms with van der Waals surface area (Å²) in [5.74, 6) is -46.1. The van der Waals surface area contributed by atoms with Gasteiger partial charge in [0, 0.05) is 13.7 Å². The molecule has 0 atom stereocenters. The van der Waals surface area contributed by atoms with Crippen LogP contribution in [0.3, 0.4) is 0 Å². The molecule has 0 bridgehead atoms. The lowest BCUT2D eigenvalue weighted by molar-refractivity contribution is -0.453. The van der Waals surface area contributed by atoms with Crippen molar-refractivity contribution in [2.24, 2.45) is 11.8 Å². The van der Waals surface area contributed by atoms with Gasteiger partial charge in [-0.25, -0.2) is 0 Å². The van der Waals surface area contributed by atoms with Crippen LogP contribution in [-0.4, -0.2) is 79.6 Å². The van der Waals surface area contributed by atoms with Crippen LogP contribution in [0.2, 0.25) is 0 Å². The third kappa shape index (κ3) is 7.68. The number of allylic oxidation sites excluding steroid dienone is 1. The molecule has 0 aliphatic rings. The first-order chi connectivity index (χ1) is 17.1. The highest BCUT2D eigenvalue weighted by Gasteiger charge is 2.93. The van der Waals surface area contributed by atoms with Gasteiger partial charge in [-0.05, 0) is 11.8 Å². The highest BCUT2D eigenvalue weighted by Crippen LogP contribution is 2.63. The molecule has 1 nitrogen and oxygen atoms in total. The van der Waals surface area contributed by atoms with Crippen molar-refractivity contribution >= 4 is 7.26 Å². The third-order valence-corrected chi connectivity index (χ3v) is 10.9. The standard InChI is InChI=1S/C22H31F15OP/c1-6-9-39(11-14(2)3,12-15(4)5)10-7-8-38-13-16(23,24)17(25,26)18(27,28)19(29,30)20(31,32)21(33,34)22(35,36)37/h6,14-15H,1,7-13H2,2-5H3/q+1. The summed E-state index contributed by atoms with van der Waals surface area (Å²) in [5.41, 5.74) is 0. The van der Waals surface area contributed by atoms with Crippen molar-refractivity contribution in [3.05, 3.63) is 12.7 Å². The number of ether oxygens (including phenoxy) is 1. The molecule has 0 aromatic carbocycles. The van der Waals surface area contributed by atoms with Gasteiger partial charge in [0.1, 0.15) is 6.61 Å². The van der Waals surface area contributed by atoms with E-state index in [1.54, 1.807) is 6.08 Å². The Morgan fingerprint density at radius 2 is 1.03 bits per heavy atom. The fourth-order valence-electron chi connectivity index (χ4n) is 4.11. The Morgan fingerprint density at radius 1 is 0.641 bits per heavy atom. The van der Waals surface area contributed by atoms with Gasteiger partial charge >= 0.3 is 41.7 Å². The van der Waals surface area contributed by atoms with Crippen molar-refractivity contribution in [3.63, 3.8) is 0 Å². The quantitative estimate of drug-likeness (QED) is 0.0676. The van der Waals surface area contributed by atoms with E-state index in [4.69, 9.17) is 0 Å². The molecule has 0 aliphatic carbocycles. The third-order valence-electron chi connectivity index (χ3n) is 5.62. The van der Waals surface area contributed by atoms with Crippen molar-refractivity contribution in [3.8, 4) is 0 Å². The van der Waals surface area contributed by atoms with Crippen LogP contribution in [0.25, 0.3) is 0 Å². The first kappa shape index (κ1) is 38.1. The van der Waals surface area contributed by atoms with Crippen LogP contribution < -0.4 is 0 Å². The normalized spacial score (nSPS) is 15.4. The fraction of sp³-hybridized carbons (Fsp3) is 0.909. The van der Waals surface area contributed by atoms with E-state index in [-0.39, 0.29) is 18.3 Å². The summed E-state index contributed by atoms with van der Waals surface area (Å²) < 4.78 is 203. The molecule has 0 spiro atoms. The van der Waals surface area contributed by atoms with Crippen molar-refractivity contribution in [2.75, 3.05) is 37.9 Å². The molecule has 234 valence electrons. The van der Waals surface area contributed by atoms with E-state index in [1.807, 2.05) is 27.7 Å². The van der Waals surface area contributed by atoms with Gasteiger partial charge in [0.2, 0.25) is 0 Å². The molecular weight excluding hydrogens is 596 g/mol. The molecule has 0 heterocycles. The first-order valence-electron chi connectivity index (χ1n) is 11.5. The minimum Gasteiger partial charge on any atom is -0.375 e. The van der Waals surface area contributed by atoms with Gasteiger partial charge < -0.3 is 4.74 Å². The second-order valence-electron chi connectivity index (χ2n) is 10.2. The maximum absolute atomic E-state index is 13.9. The maximum atomic E-state index is 13.9. The summed E-state index contributed by atoms with van der Waals surface area (Å²) in [4.78, 5) is 0. The summed E-state index contributed by atoms with van der Waals surface area (Å²) in [5, 5.41) is 0.